The molecular weight excluding hydrogens is 216 g/mol. The smallest absolute Gasteiger partial charge is 0.238 e. The summed E-state index contributed by atoms with van der Waals surface area (Å²) in [6, 6.07) is 0. The maximum atomic E-state index is 12.5. The Morgan fingerprint density at radius 2 is 2.06 bits per heavy atom. The lowest BCUT2D eigenvalue weighted by Crippen LogP contribution is -2.66. The number of ether oxygens (including phenoxy) is 2. The van der Waals surface area contributed by atoms with Crippen LogP contribution in [0.2, 0.25) is 0 Å². The fourth-order valence-electron chi connectivity index (χ4n) is 4.56. The van der Waals surface area contributed by atoms with Crippen LogP contribution in [0.5, 0.6) is 0 Å². The number of carbonyl (C=O) groups is 1. The highest BCUT2D eigenvalue weighted by atomic mass is 16.7. The number of rotatable bonds is 2. The first-order chi connectivity index (χ1) is 8.09. The number of fused-ring (bicyclic) bond motifs is 2. The second-order valence-corrected chi connectivity index (χ2v) is 5.79. The zero-order chi connectivity index (χ0) is 12.3. The van der Waals surface area contributed by atoms with Crippen molar-refractivity contribution in [2.45, 2.75) is 38.4 Å². The normalized spacial score (nSPS) is 42.5. The van der Waals surface area contributed by atoms with Crippen LogP contribution in [0.25, 0.3) is 0 Å². The lowest BCUT2D eigenvalue weighted by molar-refractivity contribution is -0.283. The van der Waals surface area contributed by atoms with Gasteiger partial charge < -0.3 is 9.47 Å². The molecule has 94 valence electrons. The highest BCUT2D eigenvalue weighted by molar-refractivity contribution is 5.91. The molecule has 1 spiro atoms. The minimum atomic E-state index is -1.02. The highest BCUT2D eigenvalue weighted by Gasteiger charge is 2.69. The molecule has 0 aliphatic heterocycles. The van der Waals surface area contributed by atoms with Gasteiger partial charge in [0.2, 0.25) is 5.79 Å². The number of hydrogen-bond donors (Lipinski definition) is 0. The molecular formula is C14H20O3. The SMILES string of the molecule is COC1(OC)C(=O)[C@@H]2CC[C@]13C=C(C)CC3C2. The van der Waals surface area contributed by atoms with Crippen molar-refractivity contribution in [2.75, 3.05) is 14.2 Å². The van der Waals surface area contributed by atoms with E-state index in [4.69, 9.17) is 9.47 Å². The molecule has 0 aromatic heterocycles. The monoisotopic (exact) mass is 236 g/mol. The lowest BCUT2D eigenvalue weighted by atomic mass is 9.52. The van der Waals surface area contributed by atoms with Crippen LogP contribution < -0.4 is 0 Å². The lowest BCUT2D eigenvalue weighted by Gasteiger charge is -2.57. The summed E-state index contributed by atoms with van der Waals surface area (Å²) in [4.78, 5) is 12.5. The van der Waals surface area contributed by atoms with Gasteiger partial charge in [0.1, 0.15) is 0 Å². The van der Waals surface area contributed by atoms with Gasteiger partial charge in [-0.2, -0.15) is 0 Å². The molecule has 0 aromatic rings. The summed E-state index contributed by atoms with van der Waals surface area (Å²) >= 11 is 0. The largest absolute Gasteiger partial charge is 0.346 e. The van der Waals surface area contributed by atoms with Gasteiger partial charge in [-0.3, -0.25) is 4.79 Å². The Hall–Kier alpha value is -0.670. The number of carbonyl (C=O) groups excluding carboxylic acids is 1. The van der Waals surface area contributed by atoms with Gasteiger partial charge in [0.05, 0.1) is 5.41 Å². The highest BCUT2D eigenvalue weighted by Crippen LogP contribution is 2.64. The maximum Gasteiger partial charge on any atom is 0.238 e. The van der Waals surface area contributed by atoms with Crippen molar-refractivity contribution in [2.24, 2.45) is 17.3 Å². The predicted molar refractivity (Wildman–Crippen MR) is 63.4 cm³/mol. The molecule has 4 aliphatic rings. The minimum absolute atomic E-state index is 0.140. The molecule has 0 heterocycles. The van der Waals surface area contributed by atoms with Crippen molar-refractivity contribution in [1.82, 2.24) is 0 Å². The van der Waals surface area contributed by atoms with Gasteiger partial charge in [-0.15, -0.1) is 0 Å². The molecule has 3 fully saturated rings. The first kappa shape index (κ1) is 11.4. The van der Waals surface area contributed by atoms with Gasteiger partial charge in [0.15, 0.2) is 5.78 Å². The predicted octanol–water partition coefficient (Wildman–Crippen LogP) is 2.31. The molecule has 2 bridgehead atoms. The molecule has 3 heteroatoms. The van der Waals surface area contributed by atoms with Crippen LogP contribution in [0.1, 0.15) is 32.6 Å². The van der Waals surface area contributed by atoms with Crippen molar-refractivity contribution in [3.05, 3.63) is 11.6 Å². The Morgan fingerprint density at radius 3 is 2.71 bits per heavy atom. The van der Waals surface area contributed by atoms with Crippen LogP contribution >= 0.6 is 0 Å². The molecule has 4 rings (SSSR count). The third-order valence-electron chi connectivity index (χ3n) is 5.16. The molecule has 0 N–H and O–H groups in total. The standard InChI is InChI=1S/C14H20O3/c1-9-6-11-7-10-4-5-13(11,8-9)14(16-2,17-3)12(10)15/h8,10-11H,4-7H2,1-3H3/t10-,11?,13-/m1/s1. The van der Waals surface area contributed by atoms with Crippen molar-refractivity contribution in [1.29, 1.82) is 0 Å². The Labute approximate surface area is 102 Å². The van der Waals surface area contributed by atoms with E-state index in [1.54, 1.807) is 14.2 Å². The van der Waals surface area contributed by atoms with Crippen molar-refractivity contribution >= 4 is 5.78 Å². The molecule has 3 nitrogen and oxygen atoms in total. The zero-order valence-corrected chi connectivity index (χ0v) is 10.8. The van der Waals surface area contributed by atoms with Gasteiger partial charge >= 0.3 is 0 Å². The number of methoxy groups -OCH3 is 2. The average molecular weight is 236 g/mol. The summed E-state index contributed by atoms with van der Waals surface area (Å²) in [7, 11) is 3.21. The second kappa shape index (κ2) is 3.42. The summed E-state index contributed by atoms with van der Waals surface area (Å²) in [6.07, 6.45) is 6.39. The van der Waals surface area contributed by atoms with Gasteiger partial charge in [0, 0.05) is 20.1 Å². The summed E-state index contributed by atoms with van der Waals surface area (Å²) in [5.41, 5.74) is 1.18. The van der Waals surface area contributed by atoms with Gasteiger partial charge in [-0.1, -0.05) is 11.6 Å². The second-order valence-electron chi connectivity index (χ2n) is 5.79. The third-order valence-corrected chi connectivity index (χ3v) is 5.16. The molecule has 1 unspecified atom stereocenters. The Kier molecular flexibility index (Phi) is 2.30. The number of Topliss-reactive ketones (excluding diaryl/α,β-unsaturated/α-hetero) is 1. The van der Waals surface area contributed by atoms with Crippen LogP contribution in [0.15, 0.2) is 11.6 Å². The van der Waals surface area contributed by atoms with Gasteiger partial charge in [-0.25, -0.2) is 0 Å². The van der Waals surface area contributed by atoms with Crippen LogP contribution in [0.4, 0.5) is 0 Å². The topological polar surface area (TPSA) is 35.5 Å². The molecule has 3 saturated carbocycles. The van der Waals surface area contributed by atoms with E-state index >= 15 is 0 Å². The van der Waals surface area contributed by atoms with Crippen molar-refractivity contribution < 1.29 is 14.3 Å². The van der Waals surface area contributed by atoms with Crippen LogP contribution in [-0.4, -0.2) is 25.8 Å². The Balaban J connectivity index is 2.16. The summed E-state index contributed by atoms with van der Waals surface area (Å²) < 4.78 is 11.2. The molecule has 0 radical (unpaired) electrons. The van der Waals surface area contributed by atoms with E-state index in [9.17, 15) is 4.79 Å². The van der Waals surface area contributed by atoms with Crippen LogP contribution in [0, 0.1) is 17.3 Å². The van der Waals surface area contributed by atoms with Crippen LogP contribution in [-0.2, 0) is 14.3 Å². The Bertz CT molecular complexity index is 394. The molecule has 3 atom stereocenters. The van der Waals surface area contributed by atoms with Crippen molar-refractivity contribution in [3.8, 4) is 0 Å². The van der Waals surface area contributed by atoms with Gasteiger partial charge in [-0.05, 0) is 38.5 Å². The maximum absolute atomic E-state index is 12.5. The minimum Gasteiger partial charge on any atom is -0.346 e. The first-order valence-electron chi connectivity index (χ1n) is 6.42. The van der Waals surface area contributed by atoms with Gasteiger partial charge in [0.25, 0.3) is 0 Å². The van der Waals surface area contributed by atoms with E-state index in [1.807, 2.05) is 0 Å². The summed E-state index contributed by atoms with van der Waals surface area (Å²) in [5, 5.41) is 0. The van der Waals surface area contributed by atoms with E-state index in [-0.39, 0.29) is 17.1 Å². The van der Waals surface area contributed by atoms with E-state index in [2.05, 4.69) is 13.0 Å². The molecule has 0 amide bonds. The molecule has 0 saturated heterocycles. The fourth-order valence-corrected chi connectivity index (χ4v) is 4.56. The number of ketones is 1. The molecule has 0 aromatic carbocycles. The Morgan fingerprint density at radius 1 is 1.35 bits per heavy atom. The molecule has 4 aliphatic carbocycles. The summed E-state index contributed by atoms with van der Waals surface area (Å²) in [5.74, 6) is -0.188. The van der Waals surface area contributed by atoms with E-state index in [0.29, 0.717) is 5.92 Å². The number of allylic oxidation sites excluding steroid dienone is 1. The summed E-state index contributed by atoms with van der Waals surface area (Å²) in [6.45, 7) is 2.15. The zero-order valence-electron chi connectivity index (χ0n) is 10.8. The number of hydrogen-bond acceptors (Lipinski definition) is 3. The fraction of sp³-hybridized carbons (Fsp3) is 0.786. The van der Waals surface area contributed by atoms with E-state index in [1.165, 1.54) is 5.57 Å². The first-order valence-corrected chi connectivity index (χ1v) is 6.42. The van der Waals surface area contributed by atoms with E-state index in [0.717, 1.165) is 25.7 Å². The van der Waals surface area contributed by atoms with Crippen LogP contribution in [0.3, 0.4) is 0 Å². The molecule has 17 heavy (non-hydrogen) atoms. The quantitative estimate of drug-likeness (QED) is 0.545. The average Bonchev–Trinajstić information content (AvgIpc) is 2.66. The third kappa shape index (κ3) is 1.12. The van der Waals surface area contributed by atoms with E-state index < -0.39 is 5.79 Å². The van der Waals surface area contributed by atoms with Crippen molar-refractivity contribution in [3.63, 3.8) is 0 Å².